The molecule has 6 rings (SSSR count). The molecule has 7 nitrogen and oxygen atoms in total. The van der Waals surface area contributed by atoms with Crippen LogP contribution in [0.1, 0.15) is 92.4 Å². The summed E-state index contributed by atoms with van der Waals surface area (Å²) >= 11 is 6.16. The lowest BCUT2D eigenvalue weighted by atomic mass is 9.43. The van der Waals surface area contributed by atoms with Gasteiger partial charge in [0.15, 0.2) is 0 Å². The third-order valence-electron chi connectivity index (χ3n) is 13.1. The minimum atomic E-state index is -0.160. The van der Waals surface area contributed by atoms with Gasteiger partial charge in [-0.2, -0.15) is 0 Å². The quantitative estimate of drug-likeness (QED) is 0.198. The second kappa shape index (κ2) is 13.6. The molecule has 1 heterocycles. The van der Waals surface area contributed by atoms with E-state index < -0.39 is 0 Å². The van der Waals surface area contributed by atoms with Gasteiger partial charge < -0.3 is 20.1 Å². The van der Waals surface area contributed by atoms with Gasteiger partial charge in [-0.3, -0.25) is 14.6 Å². The van der Waals surface area contributed by atoms with Gasteiger partial charge in [0.05, 0.1) is 5.52 Å². The van der Waals surface area contributed by atoms with Gasteiger partial charge in [-0.15, -0.1) is 0 Å². The zero-order chi connectivity index (χ0) is 32.6. The minimum Gasteiger partial charge on any atom is -0.463 e. The molecule has 0 bridgehead atoms. The fraction of sp³-hybridized carbons (Fsp3) is 0.711. The van der Waals surface area contributed by atoms with Crippen molar-refractivity contribution in [1.82, 2.24) is 10.3 Å². The van der Waals surface area contributed by atoms with Gasteiger partial charge >= 0.3 is 11.9 Å². The van der Waals surface area contributed by atoms with Gasteiger partial charge in [0, 0.05) is 48.1 Å². The number of nitrogens with one attached hydrogen (secondary N) is 2. The molecule has 4 aliphatic rings. The molecule has 1 aromatic carbocycles. The van der Waals surface area contributed by atoms with Crippen molar-refractivity contribution in [3.05, 3.63) is 35.5 Å². The summed E-state index contributed by atoms with van der Waals surface area (Å²) in [4.78, 5) is 28.7. The molecule has 2 N–H and O–H groups in total. The summed E-state index contributed by atoms with van der Waals surface area (Å²) in [5, 5.41) is 9.14. The Labute approximate surface area is 280 Å². The number of aromatic nitrogens is 1. The number of benzene rings is 1. The number of esters is 2. The predicted octanol–water partition coefficient (Wildman–Crippen LogP) is 8.05. The highest BCUT2D eigenvalue weighted by Crippen LogP contribution is 2.68. The zero-order valence-electron chi connectivity index (χ0n) is 28.4. The monoisotopic (exact) mass is 651 g/mol. The Bertz CT molecular complexity index is 1420. The molecular weight excluding hydrogens is 598 g/mol. The van der Waals surface area contributed by atoms with Crippen molar-refractivity contribution >= 4 is 40.1 Å². The molecule has 252 valence electrons. The fourth-order valence-electron chi connectivity index (χ4n) is 11.0. The first-order valence-electron chi connectivity index (χ1n) is 17.8. The van der Waals surface area contributed by atoms with Crippen LogP contribution >= 0.6 is 11.6 Å². The maximum atomic E-state index is 12.6. The average molecular weight is 652 g/mol. The molecular formula is C38H54ClN3O4. The summed E-state index contributed by atoms with van der Waals surface area (Å²) in [6.07, 6.45) is 11.8. The Balaban J connectivity index is 1.07. The number of nitrogens with zero attached hydrogens (tertiary/aromatic N) is 1. The van der Waals surface area contributed by atoms with Crippen molar-refractivity contribution in [1.29, 1.82) is 0 Å². The lowest BCUT2D eigenvalue weighted by Crippen LogP contribution is -2.60. The van der Waals surface area contributed by atoms with Crippen LogP contribution in [0.5, 0.6) is 0 Å². The van der Waals surface area contributed by atoms with Crippen LogP contribution in [0.25, 0.3) is 10.9 Å². The molecule has 4 fully saturated rings. The maximum Gasteiger partial charge on any atom is 0.302 e. The SMILES string of the molecule is CC(=O)O[C@@H]1CC[C@@]2(C)[C@H](CC[C@@H]3[C@@H]2C[C@H](OC(C)=O)[C@]2(C)[C@@H]([C@H](C)CNCCCNc4ccnc5cc(Cl)ccc45)CC[C@@H]32)C1. The number of fused-ring (bicyclic) bond motifs is 6. The standard InChI is InChI=1S/C38H54ClN3O4/c1-23(22-40-16-6-17-41-34-14-18-42-35-20-27(39)8-10-30(34)35)31-11-12-32-29-9-7-26-19-28(45-24(2)43)13-15-37(26,4)33(29)21-36(38(31,32)5)46-25(3)44/h8,10,14,18,20,23,26,28-29,31-33,36,40H,6-7,9,11-13,15-17,19,21-22H2,1-5H3,(H,41,42)/t23-,26-,28-,29+,31-,32+,33+,36+,37+,38-/m1/s1. The van der Waals surface area contributed by atoms with Crippen LogP contribution in [0.4, 0.5) is 5.69 Å². The number of halogens is 1. The Morgan fingerprint density at radius 1 is 1.00 bits per heavy atom. The van der Waals surface area contributed by atoms with Gasteiger partial charge in [-0.05, 0) is 136 Å². The number of rotatable bonds is 10. The van der Waals surface area contributed by atoms with E-state index in [1.54, 1.807) is 6.92 Å². The molecule has 4 aliphatic carbocycles. The van der Waals surface area contributed by atoms with Crippen molar-refractivity contribution in [3.8, 4) is 0 Å². The molecule has 0 saturated heterocycles. The van der Waals surface area contributed by atoms with E-state index in [1.165, 1.54) is 32.6 Å². The highest BCUT2D eigenvalue weighted by molar-refractivity contribution is 6.31. The fourth-order valence-corrected chi connectivity index (χ4v) is 11.2. The summed E-state index contributed by atoms with van der Waals surface area (Å²) in [6.45, 7) is 13.3. The minimum absolute atomic E-state index is 0.00107. The lowest BCUT2D eigenvalue weighted by molar-refractivity contribution is -0.197. The van der Waals surface area contributed by atoms with E-state index in [0.29, 0.717) is 40.5 Å². The van der Waals surface area contributed by atoms with Gasteiger partial charge in [-0.1, -0.05) is 32.4 Å². The topological polar surface area (TPSA) is 89.5 Å². The molecule has 8 heteroatoms. The first kappa shape index (κ1) is 33.5. The van der Waals surface area contributed by atoms with Crippen molar-refractivity contribution in [2.24, 2.45) is 46.3 Å². The number of pyridine rings is 1. The third kappa shape index (κ3) is 6.40. The number of anilines is 1. The van der Waals surface area contributed by atoms with Crippen LogP contribution in [-0.4, -0.2) is 48.8 Å². The molecule has 10 atom stereocenters. The Hall–Kier alpha value is -2.38. The molecule has 0 radical (unpaired) electrons. The summed E-state index contributed by atoms with van der Waals surface area (Å²) in [7, 11) is 0. The number of carbonyl (C=O) groups excluding carboxylic acids is 2. The van der Waals surface area contributed by atoms with Crippen molar-refractivity contribution in [2.45, 2.75) is 105 Å². The number of hydrogen-bond donors (Lipinski definition) is 2. The number of hydrogen-bond acceptors (Lipinski definition) is 7. The largest absolute Gasteiger partial charge is 0.463 e. The molecule has 1 aromatic heterocycles. The number of ether oxygens (including phenoxy) is 2. The van der Waals surface area contributed by atoms with Crippen LogP contribution in [0.3, 0.4) is 0 Å². The number of carbonyl (C=O) groups is 2. The molecule has 0 spiro atoms. The normalized spacial score (nSPS) is 35.8. The zero-order valence-corrected chi connectivity index (χ0v) is 29.2. The Morgan fingerprint density at radius 3 is 2.59 bits per heavy atom. The highest BCUT2D eigenvalue weighted by atomic mass is 35.5. The smallest absolute Gasteiger partial charge is 0.302 e. The highest BCUT2D eigenvalue weighted by Gasteiger charge is 2.65. The summed E-state index contributed by atoms with van der Waals surface area (Å²) in [6, 6.07) is 7.87. The van der Waals surface area contributed by atoms with Crippen molar-refractivity contribution in [3.63, 3.8) is 0 Å². The third-order valence-corrected chi connectivity index (χ3v) is 13.3. The summed E-state index contributed by atoms with van der Waals surface area (Å²) in [5.74, 6) is 3.11. The molecule has 2 aromatic rings. The van der Waals surface area contributed by atoms with Gasteiger partial charge in [0.2, 0.25) is 0 Å². The second-order valence-corrected chi connectivity index (χ2v) is 16.0. The van der Waals surface area contributed by atoms with Gasteiger partial charge in [0.1, 0.15) is 12.2 Å². The molecule has 0 aliphatic heterocycles. The molecule has 0 unspecified atom stereocenters. The van der Waals surface area contributed by atoms with Crippen LogP contribution < -0.4 is 10.6 Å². The van der Waals surface area contributed by atoms with E-state index in [9.17, 15) is 9.59 Å². The van der Waals surface area contributed by atoms with E-state index in [2.05, 4.69) is 36.4 Å². The first-order valence-corrected chi connectivity index (χ1v) is 18.2. The predicted molar refractivity (Wildman–Crippen MR) is 184 cm³/mol. The van der Waals surface area contributed by atoms with E-state index in [1.807, 2.05) is 30.5 Å². The molecule has 4 saturated carbocycles. The average Bonchev–Trinajstić information content (AvgIpc) is 3.37. The lowest BCUT2D eigenvalue weighted by Gasteiger charge is -2.62. The van der Waals surface area contributed by atoms with Crippen LogP contribution in [-0.2, 0) is 19.1 Å². The second-order valence-electron chi connectivity index (χ2n) is 15.5. The molecule has 46 heavy (non-hydrogen) atoms. The van der Waals surface area contributed by atoms with Gasteiger partial charge in [-0.25, -0.2) is 0 Å². The van der Waals surface area contributed by atoms with Crippen LogP contribution in [0.2, 0.25) is 5.02 Å². The Morgan fingerprint density at radius 2 is 1.80 bits per heavy atom. The van der Waals surface area contributed by atoms with Crippen LogP contribution in [0, 0.1) is 46.3 Å². The van der Waals surface area contributed by atoms with E-state index in [-0.39, 0.29) is 35.0 Å². The van der Waals surface area contributed by atoms with E-state index in [4.69, 9.17) is 21.1 Å². The van der Waals surface area contributed by atoms with Gasteiger partial charge in [0.25, 0.3) is 0 Å². The van der Waals surface area contributed by atoms with Crippen molar-refractivity contribution < 1.29 is 19.1 Å². The summed E-state index contributed by atoms with van der Waals surface area (Å²) in [5.41, 5.74) is 2.21. The van der Waals surface area contributed by atoms with Crippen LogP contribution in [0.15, 0.2) is 30.5 Å². The molecule has 0 amide bonds. The van der Waals surface area contributed by atoms with E-state index >= 15 is 0 Å². The van der Waals surface area contributed by atoms with E-state index in [0.717, 1.165) is 68.3 Å². The first-order chi connectivity index (χ1) is 22.0. The summed E-state index contributed by atoms with van der Waals surface area (Å²) < 4.78 is 12.0. The Kier molecular flexibility index (Phi) is 9.93. The maximum absolute atomic E-state index is 12.6. The van der Waals surface area contributed by atoms with Crippen molar-refractivity contribution in [2.75, 3.05) is 25.0 Å².